The SMILES string of the molecule is CC(C)[C@@H](NS(=O)(=O)c1cccc(C(F)(F)F)c1)C(=O)NCc1ccccc1. The highest BCUT2D eigenvalue weighted by atomic mass is 32.2. The number of benzene rings is 2. The molecule has 0 unspecified atom stereocenters. The van der Waals surface area contributed by atoms with Crippen LogP contribution in [0.1, 0.15) is 25.0 Å². The molecule has 0 aliphatic rings. The number of sulfonamides is 1. The van der Waals surface area contributed by atoms with Crippen molar-refractivity contribution in [3.8, 4) is 0 Å². The van der Waals surface area contributed by atoms with Crippen LogP contribution in [0.25, 0.3) is 0 Å². The lowest BCUT2D eigenvalue weighted by Crippen LogP contribution is -2.49. The lowest BCUT2D eigenvalue weighted by Gasteiger charge is -2.22. The standard InChI is InChI=1S/C19H21F3N2O3S/c1-13(2)17(18(25)23-12-14-7-4-3-5-8-14)24-28(26,27)16-10-6-9-15(11-16)19(20,21)22/h3-11,13,17,24H,12H2,1-2H3,(H,23,25)/t17-/m1/s1. The Hall–Kier alpha value is -2.39. The average molecular weight is 414 g/mol. The third-order valence-electron chi connectivity index (χ3n) is 4.01. The summed E-state index contributed by atoms with van der Waals surface area (Å²) in [6.07, 6.45) is -4.67. The maximum Gasteiger partial charge on any atom is 0.416 e. The lowest BCUT2D eigenvalue weighted by molar-refractivity contribution is -0.137. The maximum absolute atomic E-state index is 12.9. The van der Waals surface area contributed by atoms with E-state index in [0.717, 1.165) is 23.8 Å². The monoisotopic (exact) mass is 414 g/mol. The van der Waals surface area contributed by atoms with Crippen molar-refractivity contribution >= 4 is 15.9 Å². The number of amides is 1. The molecule has 2 N–H and O–H groups in total. The highest BCUT2D eigenvalue weighted by Crippen LogP contribution is 2.30. The Labute approximate surface area is 162 Å². The van der Waals surface area contributed by atoms with Gasteiger partial charge in [-0.3, -0.25) is 4.79 Å². The van der Waals surface area contributed by atoms with Crippen molar-refractivity contribution in [3.05, 3.63) is 65.7 Å². The van der Waals surface area contributed by atoms with Gasteiger partial charge in [-0.25, -0.2) is 8.42 Å². The highest BCUT2D eigenvalue weighted by molar-refractivity contribution is 7.89. The van der Waals surface area contributed by atoms with Crippen LogP contribution in [-0.4, -0.2) is 20.4 Å². The molecule has 152 valence electrons. The number of carbonyl (C=O) groups excluding carboxylic acids is 1. The Bertz CT molecular complexity index is 914. The Kier molecular flexibility index (Phi) is 6.84. The van der Waals surface area contributed by atoms with Gasteiger partial charge < -0.3 is 5.32 Å². The second-order valence-corrected chi connectivity index (χ2v) is 8.29. The largest absolute Gasteiger partial charge is 0.416 e. The fraction of sp³-hybridized carbons (Fsp3) is 0.316. The van der Waals surface area contributed by atoms with E-state index >= 15 is 0 Å². The molecule has 9 heteroatoms. The van der Waals surface area contributed by atoms with Crippen molar-refractivity contribution in [2.45, 2.75) is 37.5 Å². The zero-order chi connectivity index (χ0) is 20.9. The third-order valence-corrected chi connectivity index (χ3v) is 5.45. The molecule has 0 saturated carbocycles. The zero-order valence-corrected chi connectivity index (χ0v) is 16.1. The predicted octanol–water partition coefficient (Wildman–Crippen LogP) is 3.32. The number of rotatable bonds is 7. The Morgan fingerprint density at radius 3 is 2.25 bits per heavy atom. The van der Waals surface area contributed by atoms with Crippen molar-refractivity contribution in [1.82, 2.24) is 10.0 Å². The second-order valence-electron chi connectivity index (χ2n) is 6.57. The molecule has 0 radical (unpaired) electrons. The highest BCUT2D eigenvalue weighted by Gasteiger charge is 2.33. The van der Waals surface area contributed by atoms with Gasteiger partial charge in [-0.1, -0.05) is 50.2 Å². The molecule has 5 nitrogen and oxygen atoms in total. The summed E-state index contributed by atoms with van der Waals surface area (Å²) >= 11 is 0. The number of alkyl halides is 3. The molecular formula is C19H21F3N2O3S. The van der Waals surface area contributed by atoms with Crippen molar-refractivity contribution < 1.29 is 26.4 Å². The molecule has 0 heterocycles. The van der Waals surface area contributed by atoms with E-state index in [4.69, 9.17) is 0 Å². The Balaban J connectivity index is 2.17. The van der Waals surface area contributed by atoms with Gasteiger partial charge >= 0.3 is 6.18 Å². The molecular weight excluding hydrogens is 393 g/mol. The average Bonchev–Trinajstić information content (AvgIpc) is 2.64. The zero-order valence-electron chi connectivity index (χ0n) is 15.3. The van der Waals surface area contributed by atoms with Crippen molar-refractivity contribution in [3.63, 3.8) is 0 Å². The van der Waals surface area contributed by atoms with Crippen LogP contribution in [0.4, 0.5) is 13.2 Å². The molecule has 1 atom stereocenters. The van der Waals surface area contributed by atoms with Crippen LogP contribution < -0.4 is 10.0 Å². The van der Waals surface area contributed by atoms with E-state index in [0.29, 0.717) is 6.07 Å². The van der Waals surface area contributed by atoms with Crippen LogP contribution in [-0.2, 0) is 27.5 Å². The first kappa shape index (κ1) is 21.9. The molecule has 0 aliphatic heterocycles. The van der Waals surface area contributed by atoms with Gasteiger partial charge in [0.2, 0.25) is 15.9 Å². The first-order chi connectivity index (χ1) is 13.0. The number of hydrogen-bond acceptors (Lipinski definition) is 3. The molecule has 0 fully saturated rings. The normalized spacial score (nSPS) is 13.4. The van der Waals surface area contributed by atoms with E-state index in [1.165, 1.54) is 0 Å². The Morgan fingerprint density at radius 1 is 1.04 bits per heavy atom. The maximum atomic E-state index is 12.9. The molecule has 2 rings (SSSR count). The lowest BCUT2D eigenvalue weighted by atomic mass is 10.0. The predicted molar refractivity (Wildman–Crippen MR) is 98.7 cm³/mol. The number of hydrogen-bond donors (Lipinski definition) is 2. The second kappa shape index (κ2) is 8.74. The first-order valence-electron chi connectivity index (χ1n) is 8.52. The summed E-state index contributed by atoms with van der Waals surface area (Å²) in [5.74, 6) is -0.981. The van der Waals surface area contributed by atoms with Crippen LogP contribution >= 0.6 is 0 Å². The summed E-state index contributed by atoms with van der Waals surface area (Å²) in [6.45, 7) is 3.48. The van der Waals surface area contributed by atoms with Gasteiger partial charge in [-0.15, -0.1) is 0 Å². The minimum atomic E-state index is -4.67. The topological polar surface area (TPSA) is 75.3 Å². The number of nitrogens with one attached hydrogen (secondary N) is 2. The van der Waals surface area contributed by atoms with E-state index in [1.54, 1.807) is 38.1 Å². The molecule has 0 spiro atoms. The van der Waals surface area contributed by atoms with Gasteiger partial charge in [0.15, 0.2) is 0 Å². The van der Waals surface area contributed by atoms with E-state index in [1.807, 2.05) is 6.07 Å². The van der Waals surface area contributed by atoms with E-state index in [-0.39, 0.29) is 6.54 Å². The summed E-state index contributed by atoms with van der Waals surface area (Å²) in [7, 11) is -4.33. The quantitative estimate of drug-likeness (QED) is 0.730. The summed E-state index contributed by atoms with van der Waals surface area (Å²) < 4.78 is 65.9. The van der Waals surface area contributed by atoms with Gasteiger partial charge in [0.25, 0.3) is 0 Å². The molecule has 0 aromatic heterocycles. The fourth-order valence-corrected chi connectivity index (χ4v) is 3.85. The first-order valence-corrected chi connectivity index (χ1v) is 10.0. The summed E-state index contributed by atoms with van der Waals surface area (Å²) in [4.78, 5) is 11.9. The van der Waals surface area contributed by atoms with Crippen molar-refractivity contribution in [1.29, 1.82) is 0 Å². The van der Waals surface area contributed by atoms with Crippen LogP contribution in [0, 0.1) is 5.92 Å². The molecule has 2 aromatic carbocycles. The molecule has 0 saturated heterocycles. The van der Waals surface area contributed by atoms with Gasteiger partial charge in [0.1, 0.15) is 6.04 Å². The number of halogens is 3. The van der Waals surface area contributed by atoms with Crippen LogP contribution in [0.15, 0.2) is 59.5 Å². The van der Waals surface area contributed by atoms with Crippen molar-refractivity contribution in [2.24, 2.45) is 5.92 Å². The van der Waals surface area contributed by atoms with Gasteiger partial charge in [-0.05, 0) is 29.7 Å². The van der Waals surface area contributed by atoms with Crippen LogP contribution in [0.2, 0.25) is 0 Å². The number of carbonyl (C=O) groups is 1. The van der Waals surface area contributed by atoms with E-state index < -0.39 is 44.5 Å². The molecule has 2 aromatic rings. The minimum Gasteiger partial charge on any atom is -0.351 e. The van der Waals surface area contributed by atoms with E-state index in [9.17, 15) is 26.4 Å². The van der Waals surface area contributed by atoms with Gasteiger partial charge in [0, 0.05) is 6.54 Å². The molecule has 28 heavy (non-hydrogen) atoms. The summed E-state index contributed by atoms with van der Waals surface area (Å²) in [6, 6.07) is 11.3. The minimum absolute atomic E-state index is 0.203. The summed E-state index contributed by atoms with van der Waals surface area (Å²) in [5, 5.41) is 2.64. The van der Waals surface area contributed by atoms with E-state index in [2.05, 4.69) is 10.0 Å². The molecule has 0 aliphatic carbocycles. The summed E-state index contributed by atoms with van der Waals surface area (Å²) in [5.41, 5.74) is -0.246. The molecule has 0 bridgehead atoms. The van der Waals surface area contributed by atoms with Gasteiger partial charge in [0.05, 0.1) is 10.5 Å². The van der Waals surface area contributed by atoms with Crippen molar-refractivity contribution in [2.75, 3.05) is 0 Å². The van der Waals surface area contributed by atoms with Crippen LogP contribution in [0.5, 0.6) is 0 Å². The Morgan fingerprint density at radius 2 is 1.68 bits per heavy atom. The smallest absolute Gasteiger partial charge is 0.351 e. The fourth-order valence-electron chi connectivity index (χ4n) is 2.46. The molecule has 1 amide bonds. The van der Waals surface area contributed by atoms with Gasteiger partial charge in [-0.2, -0.15) is 17.9 Å². The van der Waals surface area contributed by atoms with Crippen LogP contribution in [0.3, 0.4) is 0 Å². The third kappa shape index (κ3) is 5.80.